The standard InChI is InChI=1S/C14H18N2O2/c1-4-14(2)13(18)15-11(12(17)16(14)3)10-8-6-5-7-9-10/h5-9,11H,4H2,1-3H3,(H,15,18). The Morgan fingerprint density at radius 2 is 1.89 bits per heavy atom. The molecule has 1 aliphatic heterocycles. The number of benzene rings is 1. The van der Waals surface area contributed by atoms with Crippen LogP contribution < -0.4 is 5.32 Å². The van der Waals surface area contributed by atoms with E-state index in [1.807, 2.05) is 37.3 Å². The lowest BCUT2D eigenvalue weighted by Crippen LogP contribution is -2.65. The molecule has 0 aromatic heterocycles. The topological polar surface area (TPSA) is 49.4 Å². The molecule has 2 atom stereocenters. The van der Waals surface area contributed by atoms with E-state index in [2.05, 4.69) is 5.32 Å². The number of nitrogens with one attached hydrogen (secondary N) is 1. The quantitative estimate of drug-likeness (QED) is 0.859. The molecule has 0 bridgehead atoms. The van der Waals surface area contributed by atoms with Gasteiger partial charge in [0.05, 0.1) is 0 Å². The molecule has 2 unspecified atom stereocenters. The van der Waals surface area contributed by atoms with Gasteiger partial charge in [-0.2, -0.15) is 0 Å². The maximum atomic E-state index is 12.4. The molecule has 0 aliphatic carbocycles. The van der Waals surface area contributed by atoms with Crippen LogP contribution in [0.5, 0.6) is 0 Å². The molecule has 0 saturated carbocycles. The minimum atomic E-state index is -0.748. The summed E-state index contributed by atoms with van der Waals surface area (Å²) in [6, 6.07) is 8.75. The summed E-state index contributed by atoms with van der Waals surface area (Å²) >= 11 is 0. The second kappa shape index (κ2) is 4.44. The van der Waals surface area contributed by atoms with Crippen LogP contribution in [-0.2, 0) is 9.59 Å². The lowest BCUT2D eigenvalue weighted by molar-refractivity contribution is -0.154. The normalized spacial score (nSPS) is 28.2. The van der Waals surface area contributed by atoms with Gasteiger partial charge >= 0.3 is 0 Å². The lowest BCUT2D eigenvalue weighted by atomic mass is 9.89. The number of piperazine rings is 1. The Balaban J connectivity index is 2.34. The van der Waals surface area contributed by atoms with Crippen molar-refractivity contribution in [2.24, 2.45) is 0 Å². The maximum absolute atomic E-state index is 12.4. The number of nitrogens with zero attached hydrogens (tertiary/aromatic N) is 1. The van der Waals surface area contributed by atoms with Gasteiger partial charge in [-0.05, 0) is 18.9 Å². The van der Waals surface area contributed by atoms with Gasteiger partial charge in [0.1, 0.15) is 11.6 Å². The van der Waals surface area contributed by atoms with E-state index in [9.17, 15) is 9.59 Å². The summed E-state index contributed by atoms with van der Waals surface area (Å²) in [6.45, 7) is 3.70. The highest BCUT2D eigenvalue weighted by Gasteiger charge is 2.46. The van der Waals surface area contributed by atoms with Gasteiger partial charge in [-0.1, -0.05) is 37.3 Å². The van der Waals surface area contributed by atoms with Gasteiger partial charge in [0, 0.05) is 7.05 Å². The number of hydrogen-bond donors (Lipinski definition) is 1. The van der Waals surface area contributed by atoms with Crippen LogP contribution in [0.3, 0.4) is 0 Å². The zero-order chi connectivity index (χ0) is 13.3. The molecule has 0 radical (unpaired) electrons. The van der Waals surface area contributed by atoms with Crippen LogP contribution in [0.1, 0.15) is 31.9 Å². The number of amides is 2. The van der Waals surface area contributed by atoms with Gasteiger partial charge in [0.15, 0.2) is 0 Å². The number of likely N-dealkylation sites (N-methyl/N-ethyl adjacent to an activating group) is 1. The second-order valence-corrected chi connectivity index (χ2v) is 4.84. The number of carbonyl (C=O) groups is 2. The van der Waals surface area contributed by atoms with Crippen LogP contribution in [0.2, 0.25) is 0 Å². The highest BCUT2D eigenvalue weighted by atomic mass is 16.2. The van der Waals surface area contributed by atoms with Crippen LogP contribution in [-0.4, -0.2) is 29.3 Å². The van der Waals surface area contributed by atoms with Crippen molar-refractivity contribution < 1.29 is 9.59 Å². The van der Waals surface area contributed by atoms with Gasteiger partial charge < -0.3 is 10.2 Å². The third-order valence-corrected chi connectivity index (χ3v) is 3.90. The molecule has 18 heavy (non-hydrogen) atoms. The van der Waals surface area contributed by atoms with Crippen molar-refractivity contribution in [2.75, 3.05) is 7.05 Å². The molecule has 2 rings (SSSR count). The van der Waals surface area contributed by atoms with Crippen molar-refractivity contribution in [1.82, 2.24) is 10.2 Å². The van der Waals surface area contributed by atoms with Crippen LogP contribution in [0.4, 0.5) is 0 Å². The minimum absolute atomic E-state index is 0.0647. The molecule has 1 aliphatic rings. The Bertz CT molecular complexity index is 472. The first-order valence-electron chi connectivity index (χ1n) is 6.14. The van der Waals surface area contributed by atoms with Crippen molar-refractivity contribution in [3.8, 4) is 0 Å². The Labute approximate surface area is 107 Å². The first-order chi connectivity index (χ1) is 8.50. The van der Waals surface area contributed by atoms with Gasteiger partial charge in [0.2, 0.25) is 11.8 Å². The zero-order valence-electron chi connectivity index (χ0n) is 10.9. The molecule has 4 heteroatoms. The predicted molar refractivity (Wildman–Crippen MR) is 68.8 cm³/mol. The fourth-order valence-corrected chi connectivity index (χ4v) is 2.21. The van der Waals surface area contributed by atoms with E-state index in [1.165, 1.54) is 0 Å². The number of rotatable bonds is 2. The molecule has 1 aromatic rings. The van der Waals surface area contributed by atoms with Gasteiger partial charge in [-0.3, -0.25) is 9.59 Å². The molecule has 1 fully saturated rings. The molecule has 1 heterocycles. The van der Waals surface area contributed by atoms with E-state index in [0.717, 1.165) is 5.56 Å². The van der Waals surface area contributed by atoms with Crippen molar-refractivity contribution >= 4 is 11.8 Å². The molecule has 96 valence electrons. The Hall–Kier alpha value is -1.84. The molecule has 2 amide bonds. The first-order valence-corrected chi connectivity index (χ1v) is 6.14. The summed E-state index contributed by atoms with van der Waals surface area (Å²) < 4.78 is 0. The SMILES string of the molecule is CCC1(C)C(=O)NC(c2ccccc2)C(=O)N1C. The average Bonchev–Trinajstić information content (AvgIpc) is 2.41. The maximum Gasteiger partial charge on any atom is 0.250 e. The molecule has 4 nitrogen and oxygen atoms in total. The van der Waals surface area contributed by atoms with Crippen LogP contribution in [0.15, 0.2) is 30.3 Å². The second-order valence-electron chi connectivity index (χ2n) is 4.84. The van der Waals surface area contributed by atoms with E-state index in [4.69, 9.17) is 0 Å². The first kappa shape index (κ1) is 12.6. The Morgan fingerprint density at radius 3 is 2.44 bits per heavy atom. The molecule has 1 saturated heterocycles. The lowest BCUT2D eigenvalue weighted by Gasteiger charge is -2.43. The highest BCUT2D eigenvalue weighted by molar-refractivity contribution is 5.99. The van der Waals surface area contributed by atoms with Crippen molar-refractivity contribution in [3.05, 3.63) is 35.9 Å². The Kier molecular flexibility index (Phi) is 3.11. The smallest absolute Gasteiger partial charge is 0.250 e. The summed E-state index contributed by atoms with van der Waals surface area (Å²) in [5, 5.41) is 2.82. The third kappa shape index (κ3) is 1.78. The van der Waals surface area contributed by atoms with Gasteiger partial charge in [0.25, 0.3) is 0 Å². The molecular weight excluding hydrogens is 228 g/mol. The molecule has 1 aromatic carbocycles. The fourth-order valence-electron chi connectivity index (χ4n) is 2.21. The average molecular weight is 246 g/mol. The van der Waals surface area contributed by atoms with E-state index >= 15 is 0 Å². The summed E-state index contributed by atoms with van der Waals surface area (Å²) in [5.41, 5.74) is 0.0726. The minimum Gasteiger partial charge on any atom is -0.338 e. The van der Waals surface area contributed by atoms with Crippen molar-refractivity contribution in [3.63, 3.8) is 0 Å². The molecule has 1 N–H and O–H groups in total. The molecule has 0 spiro atoms. The predicted octanol–water partition coefficient (Wildman–Crippen LogP) is 1.48. The zero-order valence-corrected chi connectivity index (χ0v) is 10.9. The van der Waals surface area contributed by atoms with Crippen LogP contribution in [0, 0.1) is 0 Å². The summed E-state index contributed by atoms with van der Waals surface area (Å²) in [6.07, 6.45) is 0.600. The highest BCUT2D eigenvalue weighted by Crippen LogP contribution is 2.28. The van der Waals surface area contributed by atoms with Crippen LogP contribution in [0.25, 0.3) is 0 Å². The summed E-state index contributed by atoms with van der Waals surface area (Å²) in [7, 11) is 1.69. The van der Waals surface area contributed by atoms with Gasteiger partial charge in [-0.15, -0.1) is 0 Å². The van der Waals surface area contributed by atoms with E-state index in [1.54, 1.807) is 18.9 Å². The molecular formula is C14H18N2O2. The number of hydrogen-bond acceptors (Lipinski definition) is 2. The fraction of sp³-hybridized carbons (Fsp3) is 0.429. The van der Waals surface area contributed by atoms with Crippen molar-refractivity contribution in [1.29, 1.82) is 0 Å². The van der Waals surface area contributed by atoms with E-state index < -0.39 is 11.6 Å². The largest absolute Gasteiger partial charge is 0.338 e. The monoisotopic (exact) mass is 246 g/mol. The number of carbonyl (C=O) groups excluding carboxylic acids is 2. The summed E-state index contributed by atoms with van der Waals surface area (Å²) in [5.74, 6) is -0.161. The third-order valence-electron chi connectivity index (χ3n) is 3.90. The Morgan fingerprint density at radius 1 is 1.28 bits per heavy atom. The van der Waals surface area contributed by atoms with Crippen molar-refractivity contribution in [2.45, 2.75) is 31.8 Å². The van der Waals surface area contributed by atoms with E-state index in [0.29, 0.717) is 6.42 Å². The van der Waals surface area contributed by atoms with E-state index in [-0.39, 0.29) is 11.8 Å². The summed E-state index contributed by atoms with van der Waals surface area (Å²) in [4.78, 5) is 26.1. The van der Waals surface area contributed by atoms with Crippen LogP contribution >= 0.6 is 0 Å². The van der Waals surface area contributed by atoms with Gasteiger partial charge in [-0.25, -0.2) is 0 Å².